The zero-order valence-electron chi connectivity index (χ0n) is 16.8. The molecule has 0 spiro atoms. The van der Waals surface area contributed by atoms with Crippen LogP contribution in [0.5, 0.6) is 0 Å². The zero-order chi connectivity index (χ0) is 20.9. The molecule has 0 bridgehead atoms. The first-order valence-corrected chi connectivity index (χ1v) is 10.1. The van der Waals surface area contributed by atoms with Gasteiger partial charge in [0.25, 0.3) is 0 Å². The standard InChI is InChI=1S/C22H22ClN7/c1-3-12-30(29-13-11-24-15-29)21-16(2)19(7-9-25-21)20-8-10-26-22(28-20)27-18-6-4-5-17(23)14-18/h4-11,13-15H,3,12H2,1-2H3,(H,26,27,28). The van der Waals surface area contributed by atoms with Gasteiger partial charge in [-0.05, 0) is 43.7 Å². The third-order valence-electron chi connectivity index (χ3n) is 4.64. The number of anilines is 3. The quantitative estimate of drug-likeness (QED) is 0.448. The minimum Gasteiger partial charge on any atom is -0.324 e. The second kappa shape index (κ2) is 8.92. The SMILES string of the molecule is CCCN(c1nccc(-c2ccnc(Nc3cccc(Cl)c3)n2)c1C)n1ccnc1. The van der Waals surface area contributed by atoms with Crippen LogP contribution in [0.3, 0.4) is 0 Å². The molecule has 0 aliphatic carbocycles. The van der Waals surface area contributed by atoms with Crippen LogP contribution in [0.2, 0.25) is 5.02 Å². The van der Waals surface area contributed by atoms with Crippen LogP contribution >= 0.6 is 11.6 Å². The monoisotopic (exact) mass is 419 g/mol. The van der Waals surface area contributed by atoms with Crippen LogP contribution in [0.4, 0.5) is 17.5 Å². The summed E-state index contributed by atoms with van der Waals surface area (Å²) < 4.78 is 1.95. The van der Waals surface area contributed by atoms with Crippen LogP contribution in [-0.4, -0.2) is 31.2 Å². The van der Waals surface area contributed by atoms with Crippen molar-refractivity contribution in [3.05, 3.63) is 78.1 Å². The van der Waals surface area contributed by atoms with Gasteiger partial charge in [0.05, 0.1) is 5.69 Å². The Hall–Kier alpha value is -3.45. The van der Waals surface area contributed by atoms with Gasteiger partial charge in [0, 0.05) is 53.2 Å². The first-order chi connectivity index (χ1) is 14.7. The van der Waals surface area contributed by atoms with E-state index in [1.54, 1.807) is 18.7 Å². The van der Waals surface area contributed by atoms with E-state index in [1.165, 1.54) is 0 Å². The Bertz CT molecular complexity index is 1130. The Labute approximate surface area is 180 Å². The van der Waals surface area contributed by atoms with Gasteiger partial charge < -0.3 is 5.32 Å². The Kier molecular flexibility index (Phi) is 5.90. The maximum atomic E-state index is 6.08. The fourth-order valence-electron chi connectivity index (χ4n) is 3.26. The molecule has 3 heterocycles. The van der Waals surface area contributed by atoms with Gasteiger partial charge in [-0.3, -0.25) is 5.01 Å². The van der Waals surface area contributed by atoms with Crippen molar-refractivity contribution < 1.29 is 0 Å². The van der Waals surface area contributed by atoms with E-state index in [-0.39, 0.29) is 0 Å². The van der Waals surface area contributed by atoms with Crippen molar-refractivity contribution in [2.45, 2.75) is 20.3 Å². The van der Waals surface area contributed by atoms with Crippen LogP contribution in [0, 0.1) is 6.92 Å². The molecule has 1 N–H and O–H groups in total. The number of rotatable bonds is 7. The van der Waals surface area contributed by atoms with Crippen molar-refractivity contribution in [3.63, 3.8) is 0 Å². The molecule has 30 heavy (non-hydrogen) atoms. The first-order valence-electron chi connectivity index (χ1n) is 9.73. The number of aromatic nitrogens is 5. The van der Waals surface area contributed by atoms with E-state index in [0.717, 1.165) is 41.3 Å². The molecule has 152 valence electrons. The highest BCUT2D eigenvalue weighted by atomic mass is 35.5. The average molecular weight is 420 g/mol. The number of pyridine rings is 1. The minimum atomic E-state index is 0.507. The van der Waals surface area contributed by atoms with Gasteiger partial charge in [-0.15, -0.1) is 0 Å². The summed E-state index contributed by atoms with van der Waals surface area (Å²) in [5.41, 5.74) is 3.68. The maximum Gasteiger partial charge on any atom is 0.227 e. The molecule has 7 nitrogen and oxygen atoms in total. The molecule has 0 aliphatic heterocycles. The van der Waals surface area contributed by atoms with Gasteiger partial charge in [0.2, 0.25) is 5.95 Å². The summed E-state index contributed by atoms with van der Waals surface area (Å²) in [6.07, 6.45) is 9.99. The normalized spacial score (nSPS) is 10.8. The largest absolute Gasteiger partial charge is 0.324 e. The van der Waals surface area contributed by atoms with Crippen LogP contribution in [-0.2, 0) is 0 Å². The number of benzene rings is 1. The Morgan fingerprint density at radius 2 is 1.97 bits per heavy atom. The molecule has 0 saturated carbocycles. The lowest BCUT2D eigenvalue weighted by Crippen LogP contribution is -2.30. The van der Waals surface area contributed by atoms with Gasteiger partial charge in [-0.25, -0.2) is 24.6 Å². The predicted octanol–water partition coefficient (Wildman–Crippen LogP) is 5.12. The molecule has 0 radical (unpaired) electrons. The van der Waals surface area contributed by atoms with Crippen LogP contribution in [0.25, 0.3) is 11.3 Å². The molecule has 4 aromatic rings. The lowest BCUT2D eigenvalue weighted by molar-refractivity contribution is 0.662. The summed E-state index contributed by atoms with van der Waals surface area (Å²) >= 11 is 6.08. The Morgan fingerprint density at radius 1 is 1.10 bits per heavy atom. The van der Waals surface area contributed by atoms with Crippen molar-refractivity contribution in [3.8, 4) is 11.3 Å². The maximum absolute atomic E-state index is 6.08. The Balaban J connectivity index is 1.69. The fourth-order valence-corrected chi connectivity index (χ4v) is 3.45. The molecule has 0 unspecified atom stereocenters. The average Bonchev–Trinajstić information content (AvgIpc) is 3.27. The van der Waals surface area contributed by atoms with E-state index < -0.39 is 0 Å². The molecule has 0 aliphatic rings. The van der Waals surface area contributed by atoms with Crippen molar-refractivity contribution in [2.24, 2.45) is 0 Å². The lowest BCUT2D eigenvalue weighted by Gasteiger charge is -2.26. The van der Waals surface area contributed by atoms with Crippen LogP contribution in [0.1, 0.15) is 18.9 Å². The van der Waals surface area contributed by atoms with E-state index in [4.69, 9.17) is 16.6 Å². The van der Waals surface area contributed by atoms with E-state index >= 15 is 0 Å². The summed E-state index contributed by atoms with van der Waals surface area (Å²) in [5, 5.41) is 5.97. The summed E-state index contributed by atoms with van der Waals surface area (Å²) in [5.74, 6) is 1.38. The summed E-state index contributed by atoms with van der Waals surface area (Å²) in [6.45, 7) is 5.02. The third-order valence-corrected chi connectivity index (χ3v) is 4.87. The molecular weight excluding hydrogens is 398 g/mol. The molecule has 0 atom stereocenters. The molecule has 4 rings (SSSR count). The summed E-state index contributed by atoms with van der Waals surface area (Å²) in [6, 6.07) is 11.3. The highest BCUT2D eigenvalue weighted by Crippen LogP contribution is 2.29. The highest BCUT2D eigenvalue weighted by molar-refractivity contribution is 6.30. The van der Waals surface area contributed by atoms with E-state index in [0.29, 0.717) is 11.0 Å². The zero-order valence-corrected chi connectivity index (χ0v) is 17.6. The van der Waals surface area contributed by atoms with E-state index in [9.17, 15) is 0 Å². The van der Waals surface area contributed by atoms with Gasteiger partial charge in [0.15, 0.2) is 5.82 Å². The van der Waals surface area contributed by atoms with Gasteiger partial charge in [-0.2, -0.15) is 0 Å². The second-order valence-electron chi connectivity index (χ2n) is 6.77. The van der Waals surface area contributed by atoms with Crippen molar-refractivity contribution >= 4 is 29.1 Å². The van der Waals surface area contributed by atoms with Crippen LogP contribution < -0.4 is 10.3 Å². The second-order valence-corrected chi connectivity index (χ2v) is 7.21. The number of hydrogen-bond donors (Lipinski definition) is 1. The molecule has 8 heteroatoms. The molecule has 0 amide bonds. The molecular formula is C22H22ClN7. The molecule has 0 saturated heterocycles. The van der Waals surface area contributed by atoms with E-state index in [1.807, 2.05) is 53.5 Å². The van der Waals surface area contributed by atoms with Crippen LogP contribution in [0.15, 0.2) is 67.5 Å². The number of hydrogen-bond acceptors (Lipinski definition) is 6. The molecule has 0 fully saturated rings. The minimum absolute atomic E-state index is 0.507. The molecule has 1 aromatic carbocycles. The summed E-state index contributed by atoms with van der Waals surface area (Å²) in [7, 11) is 0. The first kappa shape index (κ1) is 19.8. The van der Waals surface area contributed by atoms with Crippen molar-refractivity contribution in [1.82, 2.24) is 24.6 Å². The van der Waals surface area contributed by atoms with Crippen molar-refractivity contribution in [1.29, 1.82) is 0 Å². The van der Waals surface area contributed by atoms with E-state index in [2.05, 4.69) is 39.1 Å². The topological polar surface area (TPSA) is 71.8 Å². The fraction of sp³-hybridized carbons (Fsp3) is 0.182. The number of nitrogens with one attached hydrogen (secondary N) is 1. The predicted molar refractivity (Wildman–Crippen MR) is 120 cm³/mol. The number of imidazole rings is 1. The smallest absolute Gasteiger partial charge is 0.227 e. The summed E-state index contributed by atoms with van der Waals surface area (Å²) in [4.78, 5) is 17.9. The van der Waals surface area contributed by atoms with Crippen molar-refractivity contribution in [2.75, 3.05) is 16.9 Å². The highest BCUT2D eigenvalue weighted by Gasteiger charge is 2.16. The van der Waals surface area contributed by atoms with Gasteiger partial charge >= 0.3 is 0 Å². The van der Waals surface area contributed by atoms with Gasteiger partial charge in [0.1, 0.15) is 6.33 Å². The number of halogens is 1. The number of nitrogens with zero attached hydrogens (tertiary/aromatic N) is 6. The Morgan fingerprint density at radius 3 is 2.73 bits per heavy atom. The molecule has 3 aromatic heterocycles. The lowest BCUT2D eigenvalue weighted by atomic mass is 10.1. The third kappa shape index (κ3) is 4.26. The van der Waals surface area contributed by atoms with Gasteiger partial charge in [-0.1, -0.05) is 24.6 Å².